The van der Waals surface area contributed by atoms with Crippen LogP contribution in [0.4, 0.5) is 0 Å². The summed E-state index contributed by atoms with van der Waals surface area (Å²) in [4.78, 5) is 0. The summed E-state index contributed by atoms with van der Waals surface area (Å²) in [5.74, 6) is 0.299. The summed E-state index contributed by atoms with van der Waals surface area (Å²) < 4.78 is 10.9. The Morgan fingerprint density at radius 2 is 2.35 bits per heavy atom. The van der Waals surface area contributed by atoms with E-state index in [1.54, 1.807) is 12.1 Å². The SMILES string of the molecule is CC(NCC1COCCO1)c1cccc(O)c1. The zero-order chi connectivity index (χ0) is 12.1. The molecule has 1 aliphatic rings. The van der Waals surface area contributed by atoms with Crippen LogP contribution in [0.2, 0.25) is 0 Å². The molecule has 0 aliphatic carbocycles. The standard InChI is InChI=1S/C13H19NO3/c1-10(11-3-2-4-12(15)7-11)14-8-13-9-16-5-6-17-13/h2-4,7,10,13-15H,5-6,8-9H2,1H3. The maximum atomic E-state index is 9.41. The lowest BCUT2D eigenvalue weighted by Crippen LogP contribution is -2.38. The fourth-order valence-corrected chi connectivity index (χ4v) is 1.87. The third kappa shape index (κ3) is 3.70. The first-order chi connectivity index (χ1) is 8.25. The van der Waals surface area contributed by atoms with Gasteiger partial charge in [-0.15, -0.1) is 0 Å². The summed E-state index contributed by atoms with van der Waals surface area (Å²) in [5.41, 5.74) is 1.07. The smallest absolute Gasteiger partial charge is 0.115 e. The van der Waals surface area contributed by atoms with Gasteiger partial charge in [0.25, 0.3) is 0 Å². The average Bonchev–Trinajstić information content (AvgIpc) is 2.37. The Kier molecular flexibility index (Phi) is 4.36. The summed E-state index contributed by atoms with van der Waals surface area (Å²) in [6.07, 6.45) is 0.128. The van der Waals surface area contributed by atoms with E-state index in [0.717, 1.165) is 12.1 Å². The van der Waals surface area contributed by atoms with Crippen LogP contribution in [0.25, 0.3) is 0 Å². The third-order valence-electron chi connectivity index (χ3n) is 2.91. The molecule has 1 aliphatic heterocycles. The normalized spacial score (nSPS) is 22.3. The Bertz CT molecular complexity index is 350. The van der Waals surface area contributed by atoms with Crippen molar-refractivity contribution in [2.75, 3.05) is 26.4 Å². The van der Waals surface area contributed by atoms with Crippen LogP contribution in [0, 0.1) is 0 Å². The van der Waals surface area contributed by atoms with Gasteiger partial charge in [-0.3, -0.25) is 0 Å². The molecule has 2 N–H and O–H groups in total. The molecule has 4 heteroatoms. The summed E-state index contributed by atoms with van der Waals surface area (Å²) >= 11 is 0. The number of nitrogens with one attached hydrogen (secondary N) is 1. The molecule has 0 spiro atoms. The highest BCUT2D eigenvalue weighted by molar-refractivity contribution is 5.28. The number of hydrogen-bond acceptors (Lipinski definition) is 4. The first-order valence-electron chi connectivity index (χ1n) is 5.97. The molecule has 1 saturated heterocycles. The predicted molar refractivity (Wildman–Crippen MR) is 65.1 cm³/mol. The first kappa shape index (κ1) is 12.4. The molecule has 1 heterocycles. The Labute approximate surface area is 102 Å². The van der Waals surface area contributed by atoms with Crippen LogP contribution in [0.1, 0.15) is 18.5 Å². The second-order valence-electron chi connectivity index (χ2n) is 4.29. The average molecular weight is 237 g/mol. The van der Waals surface area contributed by atoms with Crippen molar-refractivity contribution < 1.29 is 14.6 Å². The van der Waals surface area contributed by atoms with E-state index in [1.165, 1.54) is 0 Å². The Balaban J connectivity index is 1.82. The van der Waals surface area contributed by atoms with E-state index < -0.39 is 0 Å². The number of rotatable bonds is 4. The molecule has 0 aromatic heterocycles. The minimum absolute atomic E-state index is 0.128. The zero-order valence-corrected chi connectivity index (χ0v) is 10.1. The van der Waals surface area contributed by atoms with Gasteiger partial charge in [0.15, 0.2) is 0 Å². The maximum Gasteiger partial charge on any atom is 0.115 e. The van der Waals surface area contributed by atoms with Crippen LogP contribution in [0.3, 0.4) is 0 Å². The molecule has 94 valence electrons. The first-order valence-corrected chi connectivity index (χ1v) is 5.97. The minimum Gasteiger partial charge on any atom is -0.508 e. The molecule has 2 unspecified atom stereocenters. The number of phenols is 1. The molecule has 0 bridgehead atoms. The molecule has 4 nitrogen and oxygen atoms in total. The second-order valence-corrected chi connectivity index (χ2v) is 4.29. The van der Waals surface area contributed by atoms with Crippen LogP contribution in [-0.4, -0.2) is 37.6 Å². The Morgan fingerprint density at radius 3 is 3.06 bits per heavy atom. The minimum atomic E-state index is 0.128. The van der Waals surface area contributed by atoms with Crippen molar-refractivity contribution in [1.29, 1.82) is 0 Å². The Hall–Kier alpha value is -1.10. The van der Waals surface area contributed by atoms with Gasteiger partial charge >= 0.3 is 0 Å². The van der Waals surface area contributed by atoms with E-state index in [2.05, 4.69) is 12.2 Å². The molecule has 1 aromatic carbocycles. The molecule has 0 saturated carbocycles. The van der Waals surface area contributed by atoms with Gasteiger partial charge in [-0.1, -0.05) is 12.1 Å². The van der Waals surface area contributed by atoms with Gasteiger partial charge in [0.1, 0.15) is 5.75 Å². The molecule has 2 rings (SSSR count). The van der Waals surface area contributed by atoms with Gasteiger partial charge in [0.05, 0.1) is 25.9 Å². The molecule has 1 fully saturated rings. The van der Waals surface area contributed by atoms with Gasteiger partial charge in [-0.05, 0) is 24.6 Å². The van der Waals surface area contributed by atoms with Gasteiger partial charge in [-0.25, -0.2) is 0 Å². The molecular formula is C13H19NO3. The van der Waals surface area contributed by atoms with Crippen LogP contribution >= 0.6 is 0 Å². The summed E-state index contributed by atoms with van der Waals surface area (Å²) in [6.45, 7) is 4.85. The molecule has 17 heavy (non-hydrogen) atoms. The van der Waals surface area contributed by atoms with Gasteiger partial charge < -0.3 is 19.9 Å². The lowest BCUT2D eigenvalue weighted by molar-refractivity contribution is -0.0869. The summed E-state index contributed by atoms with van der Waals surface area (Å²) in [7, 11) is 0. The highest BCUT2D eigenvalue weighted by Crippen LogP contribution is 2.17. The predicted octanol–water partition coefficient (Wildman–Crippen LogP) is 1.46. The number of phenolic OH excluding ortho intramolecular Hbond substituents is 1. The van der Waals surface area contributed by atoms with E-state index in [1.807, 2.05) is 12.1 Å². The van der Waals surface area contributed by atoms with E-state index in [9.17, 15) is 5.11 Å². The number of benzene rings is 1. The van der Waals surface area contributed by atoms with Crippen LogP contribution in [0.15, 0.2) is 24.3 Å². The molecule has 0 radical (unpaired) electrons. The Morgan fingerprint density at radius 1 is 1.47 bits per heavy atom. The molecule has 1 aromatic rings. The fraction of sp³-hybridized carbons (Fsp3) is 0.538. The van der Waals surface area contributed by atoms with E-state index >= 15 is 0 Å². The topological polar surface area (TPSA) is 50.7 Å². The van der Waals surface area contributed by atoms with Crippen molar-refractivity contribution in [2.24, 2.45) is 0 Å². The van der Waals surface area contributed by atoms with Crippen molar-refractivity contribution in [3.8, 4) is 5.75 Å². The van der Waals surface area contributed by atoms with E-state index in [-0.39, 0.29) is 12.1 Å². The zero-order valence-electron chi connectivity index (χ0n) is 10.1. The monoisotopic (exact) mass is 237 g/mol. The fourth-order valence-electron chi connectivity index (χ4n) is 1.87. The summed E-state index contributed by atoms with van der Waals surface area (Å²) in [6, 6.07) is 7.48. The molecule has 2 atom stereocenters. The third-order valence-corrected chi connectivity index (χ3v) is 2.91. The van der Waals surface area contributed by atoms with Crippen LogP contribution in [0.5, 0.6) is 5.75 Å². The lowest BCUT2D eigenvalue weighted by atomic mass is 10.1. The number of aromatic hydroxyl groups is 1. The number of hydrogen-bond donors (Lipinski definition) is 2. The van der Waals surface area contributed by atoms with E-state index in [0.29, 0.717) is 25.6 Å². The molecular weight excluding hydrogens is 218 g/mol. The quantitative estimate of drug-likeness (QED) is 0.832. The highest BCUT2D eigenvalue weighted by Gasteiger charge is 2.15. The number of ether oxygens (including phenoxy) is 2. The van der Waals surface area contributed by atoms with Gasteiger partial charge in [0.2, 0.25) is 0 Å². The summed E-state index contributed by atoms with van der Waals surface area (Å²) in [5, 5.41) is 12.8. The van der Waals surface area contributed by atoms with Crippen molar-refractivity contribution in [1.82, 2.24) is 5.32 Å². The van der Waals surface area contributed by atoms with Crippen LogP contribution < -0.4 is 5.32 Å². The lowest BCUT2D eigenvalue weighted by Gasteiger charge is -2.25. The maximum absolute atomic E-state index is 9.41. The van der Waals surface area contributed by atoms with E-state index in [4.69, 9.17) is 9.47 Å². The van der Waals surface area contributed by atoms with Crippen molar-refractivity contribution in [3.63, 3.8) is 0 Å². The van der Waals surface area contributed by atoms with Crippen LogP contribution in [-0.2, 0) is 9.47 Å². The van der Waals surface area contributed by atoms with Gasteiger partial charge in [0, 0.05) is 12.6 Å². The van der Waals surface area contributed by atoms with Gasteiger partial charge in [-0.2, -0.15) is 0 Å². The highest BCUT2D eigenvalue weighted by atomic mass is 16.6. The molecule has 0 amide bonds. The second kappa shape index (κ2) is 6.00. The van der Waals surface area contributed by atoms with Crippen molar-refractivity contribution in [3.05, 3.63) is 29.8 Å². The van der Waals surface area contributed by atoms with Crippen molar-refractivity contribution >= 4 is 0 Å². The largest absolute Gasteiger partial charge is 0.508 e. The van der Waals surface area contributed by atoms with Crippen molar-refractivity contribution in [2.45, 2.75) is 19.1 Å².